The molecule has 3 amide bonds. The summed E-state index contributed by atoms with van der Waals surface area (Å²) in [6, 6.07) is 12.8. The fraction of sp³-hybridized carbons (Fsp3) is 0.120. The van der Waals surface area contributed by atoms with Gasteiger partial charge < -0.3 is 21.5 Å². The van der Waals surface area contributed by atoms with Gasteiger partial charge in [0.2, 0.25) is 11.8 Å². The Balaban J connectivity index is 1.78. The van der Waals surface area contributed by atoms with Crippen LogP contribution >= 0.6 is 58.2 Å². The van der Waals surface area contributed by atoms with Crippen LogP contribution in [0.5, 0.6) is 0 Å². The number of rotatable bonds is 9. The van der Waals surface area contributed by atoms with E-state index in [2.05, 4.69) is 10.6 Å². The second-order valence-electron chi connectivity index (χ2n) is 7.74. The van der Waals surface area contributed by atoms with Gasteiger partial charge in [-0.2, -0.15) is 0 Å². The number of carbonyl (C=O) groups excluding carboxylic acids is 3. The van der Waals surface area contributed by atoms with E-state index < -0.39 is 39.2 Å². The number of nitrogens with two attached hydrogens (primary N) is 1. The first-order valence-corrected chi connectivity index (χ1v) is 13.2. The minimum Gasteiger partial charge on any atom is -0.478 e. The molecule has 3 aromatic rings. The molecule has 0 fully saturated rings. The molecule has 8 nitrogen and oxygen atoms in total. The van der Waals surface area contributed by atoms with Crippen LogP contribution in [0.25, 0.3) is 0 Å². The molecule has 0 saturated carbocycles. The number of nitrogens with one attached hydrogen (secondary N) is 2. The van der Waals surface area contributed by atoms with Gasteiger partial charge in [0, 0.05) is 21.8 Å². The zero-order valence-corrected chi connectivity index (χ0v) is 23.3. The lowest BCUT2D eigenvalue weighted by molar-refractivity contribution is -0.115. The number of halogens is 4. The lowest BCUT2D eigenvalue weighted by Gasteiger charge is -2.16. The molecule has 0 spiro atoms. The van der Waals surface area contributed by atoms with Gasteiger partial charge in [-0.3, -0.25) is 14.4 Å². The van der Waals surface area contributed by atoms with Crippen LogP contribution in [0.15, 0.2) is 53.4 Å². The van der Waals surface area contributed by atoms with Gasteiger partial charge in [0.1, 0.15) is 0 Å². The Labute approximate surface area is 241 Å². The van der Waals surface area contributed by atoms with Gasteiger partial charge in [0.05, 0.1) is 36.5 Å². The van der Waals surface area contributed by atoms with Crippen LogP contribution in [0.1, 0.15) is 44.4 Å². The standard InChI is InChI=1S/C25H19Cl4N3O5S/c1-2-15(23(34)31-12-8-6-11(7-9-12)22(30)33)38-14-5-3-4-13(10-14)32-24(35)16-17(25(36)37)19(27)21(29)20(28)18(16)26/h3-10,15H,2H2,1H3,(H2,30,33)(H,31,34)(H,32,35)(H,36,37). The summed E-state index contributed by atoms with van der Waals surface area (Å²) >= 11 is 25.4. The van der Waals surface area contributed by atoms with Crippen molar-refractivity contribution in [2.75, 3.05) is 10.6 Å². The average Bonchev–Trinajstić information content (AvgIpc) is 2.88. The number of anilines is 2. The molecular formula is C25H19Cl4N3O5S. The molecule has 1 unspecified atom stereocenters. The van der Waals surface area contributed by atoms with Crippen molar-refractivity contribution in [3.8, 4) is 0 Å². The van der Waals surface area contributed by atoms with E-state index in [4.69, 9.17) is 52.1 Å². The van der Waals surface area contributed by atoms with Crippen molar-refractivity contribution >= 4 is 93.2 Å². The number of carbonyl (C=O) groups is 4. The maximum Gasteiger partial charge on any atom is 0.338 e. The summed E-state index contributed by atoms with van der Waals surface area (Å²) in [6.45, 7) is 1.85. The number of carboxylic acids is 1. The number of primary amides is 1. The number of amides is 3. The van der Waals surface area contributed by atoms with E-state index in [1.807, 2.05) is 6.92 Å². The van der Waals surface area contributed by atoms with Crippen molar-refractivity contribution in [2.24, 2.45) is 5.73 Å². The Morgan fingerprint density at radius 1 is 0.868 bits per heavy atom. The maximum atomic E-state index is 13.0. The fourth-order valence-corrected chi connectivity index (χ4v) is 5.35. The Hall–Kier alpha value is -2.95. The van der Waals surface area contributed by atoms with E-state index >= 15 is 0 Å². The highest BCUT2D eigenvalue weighted by Gasteiger charge is 2.29. The predicted octanol–water partition coefficient (Wildman–Crippen LogP) is 6.86. The average molecular weight is 615 g/mol. The van der Waals surface area contributed by atoms with Crippen LogP contribution in [0, 0.1) is 0 Å². The van der Waals surface area contributed by atoms with E-state index in [-0.39, 0.29) is 21.0 Å². The van der Waals surface area contributed by atoms with E-state index in [1.54, 1.807) is 36.4 Å². The predicted molar refractivity (Wildman–Crippen MR) is 151 cm³/mol. The Kier molecular flexibility index (Phi) is 9.92. The van der Waals surface area contributed by atoms with Crippen LogP contribution in [-0.2, 0) is 4.79 Å². The van der Waals surface area contributed by atoms with Gasteiger partial charge in [0.15, 0.2) is 0 Å². The van der Waals surface area contributed by atoms with Crippen LogP contribution < -0.4 is 16.4 Å². The van der Waals surface area contributed by atoms with Crippen LogP contribution in [-0.4, -0.2) is 34.0 Å². The first kappa shape index (κ1) is 29.6. The zero-order chi connectivity index (χ0) is 28.1. The lowest BCUT2D eigenvalue weighted by atomic mass is 10.1. The molecule has 0 bridgehead atoms. The summed E-state index contributed by atoms with van der Waals surface area (Å²) in [7, 11) is 0. The van der Waals surface area contributed by atoms with Crippen molar-refractivity contribution < 1.29 is 24.3 Å². The largest absolute Gasteiger partial charge is 0.478 e. The Morgan fingerprint density at radius 2 is 1.47 bits per heavy atom. The van der Waals surface area contributed by atoms with E-state index in [0.29, 0.717) is 28.3 Å². The second-order valence-corrected chi connectivity index (χ2v) is 10.5. The first-order chi connectivity index (χ1) is 17.9. The number of hydrogen-bond acceptors (Lipinski definition) is 5. The normalized spacial score (nSPS) is 11.5. The molecule has 0 saturated heterocycles. The Morgan fingerprint density at radius 3 is 2.03 bits per heavy atom. The van der Waals surface area contributed by atoms with E-state index in [0.717, 1.165) is 0 Å². The number of hydrogen-bond donors (Lipinski definition) is 4. The van der Waals surface area contributed by atoms with Gasteiger partial charge in [-0.15, -0.1) is 11.8 Å². The quantitative estimate of drug-likeness (QED) is 0.118. The third-order valence-corrected chi connectivity index (χ3v) is 8.34. The summed E-state index contributed by atoms with van der Waals surface area (Å²) in [5.41, 5.74) is 5.36. The van der Waals surface area contributed by atoms with Crippen molar-refractivity contribution in [3.63, 3.8) is 0 Å². The fourth-order valence-electron chi connectivity index (χ4n) is 3.31. The van der Waals surface area contributed by atoms with Gasteiger partial charge in [-0.1, -0.05) is 59.4 Å². The maximum absolute atomic E-state index is 13.0. The van der Waals surface area contributed by atoms with Crippen LogP contribution in [0.2, 0.25) is 20.1 Å². The highest BCUT2D eigenvalue weighted by Crippen LogP contribution is 2.42. The number of aromatic carboxylic acids is 1. The van der Waals surface area contributed by atoms with Gasteiger partial charge in [-0.05, 0) is 48.9 Å². The van der Waals surface area contributed by atoms with Crippen molar-refractivity contribution in [2.45, 2.75) is 23.5 Å². The summed E-state index contributed by atoms with van der Waals surface area (Å²) in [4.78, 5) is 49.5. The number of thioether (sulfide) groups is 1. The second kappa shape index (κ2) is 12.7. The molecule has 0 aliphatic heterocycles. The molecule has 1 atom stereocenters. The summed E-state index contributed by atoms with van der Waals surface area (Å²) in [6.07, 6.45) is 0.492. The SMILES string of the molecule is CCC(Sc1cccc(NC(=O)c2c(Cl)c(Cl)c(Cl)c(Cl)c2C(=O)O)c1)C(=O)Nc1ccc(C(N)=O)cc1. The molecule has 0 heterocycles. The summed E-state index contributed by atoms with van der Waals surface area (Å²) in [5.74, 6) is -3.20. The summed E-state index contributed by atoms with van der Waals surface area (Å²) < 4.78 is 0. The lowest BCUT2D eigenvalue weighted by Crippen LogP contribution is -2.24. The van der Waals surface area contributed by atoms with Crippen molar-refractivity contribution in [3.05, 3.63) is 85.3 Å². The van der Waals surface area contributed by atoms with E-state index in [1.165, 1.54) is 23.9 Å². The molecule has 3 aromatic carbocycles. The van der Waals surface area contributed by atoms with Gasteiger partial charge >= 0.3 is 5.97 Å². The number of benzene rings is 3. The molecule has 0 radical (unpaired) electrons. The zero-order valence-electron chi connectivity index (χ0n) is 19.5. The highest BCUT2D eigenvalue weighted by molar-refractivity contribution is 8.00. The Bertz CT molecular complexity index is 1430. The molecule has 3 rings (SSSR count). The number of carboxylic acid groups (broad SMARTS) is 1. The monoisotopic (exact) mass is 613 g/mol. The molecule has 5 N–H and O–H groups in total. The summed E-state index contributed by atoms with van der Waals surface area (Å²) in [5, 5.41) is 13.2. The molecule has 0 aromatic heterocycles. The molecule has 198 valence electrons. The van der Waals surface area contributed by atoms with Crippen molar-refractivity contribution in [1.29, 1.82) is 0 Å². The van der Waals surface area contributed by atoms with Gasteiger partial charge in [0.25, 0.3) is 5.91 Å². The molecular weight excluding hydrogens is 596 g/mol. The van der Waals surface area contributed by atoms with Crippen LogP contribution in [0.4, 0.5) is 11.4 Å². The first-order valence-electron chi connectivity index (χ1n) is 10.8. The topological polar surface area (TPSA) is 139 Å². The molecule has 0 aliphatic carbocycles. The smallest absolute Gasteiger partial charge is 0.338 e. The molecule has 13 heteroatoms. The molecule has 38 heavy (non-hydrogen) atoms. The van der Waals surface area contributed by atoms with Crippen molar-refractivity contribution in [1.82, 2.24) is 0 Å². The van der Waals surface area contributed by atoms with E-state index in [9.17, 15) is 24.3 Å². The van der Waals surface area contributed by atoms with Gasteiger partial charge in [-0.25, -0.2) is 4.79 Å². The third kappa shape index (κ3) is 6.73. The molecule has 0 aliphatic rings. The third-order valence-electron chi connectivity index (χ3n) is 5.18. The minimum absolute atomic E-state index is 0.251. The highest BCUT2D eigenvalue weighted by atomic mass is 35.5. The minimum atomic E-state index is -1.51. The van der Waals surface area contributed by atoms with Crippen LogP contribution in [0.3, 0.4) is 0 Å².